The number of aliphatic imine (C=N–C) groups is 1. The number of nitro groups is 1. The van der Waals surface area contributed by atoms with E-state index in [1.807, 2.05) is 84.3 Å². The van der Waals surface area contributed by atoms with E-state index in [1.54, 1.807) is 25.5 Å². The first-order valence-electron chi connectivity index (χ1n) is 12.3. The molecule has 0 saturated heterocycles. The molecule has 0 bridgehead atoms. The molecule has 4 aromatic carbocycles. The molecule has 0 unspecified atom stereocenters. The van der Waals surface area contributed by atoms with E-state index in [2.05, 4.69) is 22.0 Å². The van der Waals surface area contributed by atoms with Crippen LogP contribution in [0.2, 0.25) is 0 Å². The highest BCUT2D eigenvalue weighted by atomic mass is 79.9. The van der Waals surface area contributed by atoms with Crippen LogP contribution in [0.4, 0.5) is 11.5 Å². The van der Waals surface area contributed by atoms with Gasteiger partial charge < -0.3 is 4.74 Å². The van der Waals surface area contributed by atoms with Crippen molar-refractivity contribution in [1.29, 1.82) is 5.26 Å². The zero-order valence-electron chi connectivity index (χ0n) is 21.7. The van der Waals surface area contributed by atoms with Gasteiger partial charge in [-0.3, -0.25) is 14.7 Å². The van der Waals surface area contributed by atoms with Crippen LogP contribution in [-0.4, -0.2) is 22.8 Å². The number of aryl methyl sites for hydroxylation is 1. The van der Waals surface area contributed by atoms with Gasteiger partial charge >= 0.3 is 0 Å². The maximum Gasteiger partial charge on any atom is 0.269 e. The fraction of sp³-hybridized carbons (Fsp3) is 0.0625. The summed E-state index contributed by atoms with van der Waals surface area (Å²) in [5.41, 5.74) is 6.00. The van der Waals surface area contributed by atoms with E-state index in [0.717, 1.165) is 32.5 Å². The van der Waals surface area contributed by atoms with E-state index in [-0.39, 0.29) is 5.69 Å². The van der Waals surface area contributed by atoms with Crippen LogP contribution in [-0.2, 0) is 0 Å². The Hall–Kier alpha value is -5.00. The molecule has 1 heterocycles. The van der Waals surface area contributed by atoms with E-state index in [4.69, 9.17) is 9.73 Å². The van der Waals surface area contributed by atoms with Crippen LogP contribution < -0.4 is 4.74 Å². The second-order valence-corrected chi connectivity index (χ2v) is 9.96. The van der Waals surface area contributed by atoms with E-state index in [1.165, 1.54) is 12.1 Å². The highest BCUT2D eigenvalue weighted by Gasteiger charge is 2.26. The highest BCUT2D eigenvalue weighted by molar-refractivity contribution is 9.10. The van der Waals surface area contributed by atoms with Gasteiger partial charge in [0.1, 0.15) is 17.4 Å². The molecule has 0 aliphatic carbocycles. The van der Waals surface area contributed by atoms with Gasteiger partial charge in [0.05, 0.1) is 17.7 Å². The van der Waals surface area contributed by atoms with Crippen LogP contribution in [0, 0.1) is 28.4 Å². The van der Waals surface area contributed by atoms with E-state index < -0.39 is 4.92 Å². The van der Waals surface area contributed by atoms with Crippen LogP contribution >= 0.6 is 15.9 Å². The lowest BCUT2D eigenvalue weighted by Crippen LogP contribution is -1.98. The Morgan fingerprint density at radius 2 is 1.55 bits per heavy atom. The molecule has 0 spiro atoms. The molecule has 0 radical (unpaired) electrons. The van der Waals surface area contributed by atoms with Gasteiger partial charge in [-0.25, -0.2) is 4.99 Å². The minimum Gasteiger partial charge on any atom is -0.497 e. The first-order valence-corrected chi connectivity index (χ1v) is 13.1. The zero-order valence-corrected chi connectivity index (χ0v) is 23.3. The van der Waals surface area contributed by atoms with Gasteiger partial charge in [0.15, 0.2) is 5.82 Å². The molecule has 0 N–H and O–H groups in total. The third-order valence-corrected chi connectivity index (χ3v) is 7.01. The van der Waals surface area contributed by atoms with Crippen molar-refractivity contribution in [3.63, 3.8) is 0 Å². The van der Waals surface area contributed by atoms with E-state index >= 15 is 0 Å². The smallest absolute Gasteiger partial charge is 0.269 e. The molecule has 0 saturated carbocycles. The van der Waals surface area contributed by atoms with Crippen molar-refractivity contribution >= 4 is 33.6 Å². The summed E-state index contributed by atoms with van der Waals surface area (Å²) in [5, 5.41) is 21.9. The van der Waals surface area contributed by atoms with Crippen molar-refractivity contribution in [1.82, 2.24) is 4.57 Å². The van der Waals surface area contributed by atoms with Gasteiger partial charge in [0.2, 0.25) is 0 Å². The van der Waals surface area contributed by atoms with Crippen molar-refractivity contribution in [3.05, 3.63) is 128 Å². The fourth-order valence-corrected chi connectivity index (χ4v) is 4.74. The van der Waals surface area contributed by atoms with Gasteiger partial charge in [-0.2, -0.15) is 5.26 Å². The second-order valence-electron chi connectivity index (χ2n) is 9.05. The number of aromatic nitrogens is 1. The monoisotopic (exact) mass is 590 g/mol. The van der Waals surface area contributed by atoms with E-state index in [0.29, 0.717) is 28.3 Å². The summed E-state index contributed by atoms with van der Waals surface area (Å²) in [7, 11) is 1.61. The topological polar surface area (TPSA) is 93.5 Å². The van der Waals surface area contributed by atoms with Gasteiger partial charge in [0.25, 0.3) is 5.69 Å². The molecule has 7 nitrogen and oxygen atoms in total. The molecule has 5 rings (SSSR count). The number of hydrogen-bond acceptors (Lipinski definition) is 5. The van der Waals surface area contributed by atoms with Crippen LogP contribution in [0.5, 0.6) is 5.75 Å². The lowest BCUT2D eigenvalue weighted by Gasteiger charge is -2.14. The van der Waals surface area contributed by atoms with Crippen molar-refractivity contribution < 1.29 is 9.66 Å². The number of ether oxygens (including phenoxy) is 1. The van der Waals surface area contributed by atoms with Gasteiger partial charge in [-0.15, -0.1) is 0 Å². The van der Waals surface area contributed by atoms with Crippen LogP contribution in [0.25, 0.3) is 28.1 Å². The maximum absolute atomic E-state index is 11.3. The Kier molecular flexibility index (Phi) is 7.58. The lowest BCUT2D eigenvalue weighted by atomic mass is 9.97. The maximum atomic E-state index is 11.3. The molecular weight excluding hydrogens is 568 g/mol. The van der Waals surface area contributed by atoms with Gasteiger partial charge in [-0.1, -0.05) is 57.9 Å². The molecule has 1 aromatic heterocycles. The standard InChI is InChI=1S/C32H23BrN4O3/c1-21-3-7-24(8-4-21)31-30(23-9-13-27(14-10-23)37(38)39)29(19-34)32(35-20-22-5-11-25(33)12-6-22)36(31)26-15-17-28(40-2)18-16-26/h3-18,20H,1-2H3/b35-20+. The van der Waals surface area contributed by atoms with Crippen molar-refractivity contribution in [2.24, 2.45) is 4.99 Å². The number of non-ortho nitro benzene ring substituents is 1. The molecule has 0 aliphatic heterocycles. The fourth-order valence-electron chi connectivity index (χ4n) is 4.47. The SMILES string of the molecule is COc1ccc(-n2c(/N=C/c3ccc(Br)cc3)c(C#N)c(-c3ccc([N+](=O)[O-])cc3)c2-c2ccc(C)cc2)cc1. The first kappa shape index (κ1) is 26.6. The number of benzene rings is 4. The van der Waals surface area contributed by atoms with Crippen molar-refractivity contribution in [2.45, 2.75) is 6.92 Å². The number of halogens is 1. The Morgan fingerprint density at radius 3 is 2.12 bits per heavy atom. The molecule has 40 heavy (non-hydrogen) atoms. The second kappa shape index (κ2) is 11.4. The predicted octanol–water partition coefficient (Wildman–Crippen LogP) is 8.42. The first-order chi connectivity index (χ1) is 19.4. The minimum atomic E-state index is -0.438. The van der Waals surface area contributed by atoms with Crippen molar-refractivity contribution in [2.75, 3.05) is 7.11 Å². The number of hydrogen-bond donors (Lipinski definition) is 0. The summed E-state index contributed by atoms with van der Waals surface area (Å²) in [4.78, 5) is 15.8. The summed E-state index contributed by atoms with van der Waals surface area (Å²) < 4.78 is 8.28. The van der Waals surface area contributed by atoms with Gasteiger partial charge in [0, 0.05) is 34.1 Å². The van der Waals surface area contributed by atoms with Gasteiger partial charge in [-0.05, 0) is 72.1 Å². The molecule has 0 aliphatic rings. The lowest BCUT2D eigenvalue weighted by molar-refractivity contribution is -0.384. The largest absolute Gasteiger partial charge is 0.497 e. The number of nitriles is 1. The number of nitro benzene ring substituents is 1. The average Bonchev–Trinajstić information content (AvgIpc) is 3.31. The summed E-state index contributed by atoms with van der Waals surface area (Å²) in [6.45, 7) is 2.01. The molecule has 0 amide bonds. The van der Waals surface area contributed by atoms with Crippen LogP contribution in [0.3, 0.4) is 0 Å². The van der Waals surface area contributed by atoms with E-state index in [9.17, 15) is 15.4 Å². The third kappa shape index (κ3) is 5.28. The third-order valence-electron chi connectivity index (χ3n) is 6.49. The Morgan fingerprint density at radius 1 is 0.925 bits per heavy atom. The predicted molar refractivity (Wildman–Crippen MR) is 161 cm³/mol. The Bertz CT molecular complexity index is 1750. The normalized spacial score (nSPS) is 10.9. The minimum absolute atomic E-state index is 0.0257. The Labute approximate surface area is 239 Å². The number of rotatable bonds is 7. The molecule has 5 aromatic rings. The summed E-state index contributed by atoms with van der Waals surface area (Å²) in [6.07, 6.45) is 1.72. The summed E-state index contributed by atoms with van der Waals surface area (Å²) >= 11 is 3.46. The summed E-state index contributed by atoms with van der Waals surface area (Å²) in [5.74, 6) is 1.14. The summed E-state index contributed by atoms with van der Waals surface area (Å²) in [6, 6.07) is 31.9. The number of methoxy groups -OCH3 is 1. The zero-order chi connectivity index (χ0) is 28.2. The van der Waals surface area contributed by atoms with Crippen LogP contribution in [0.15, 0.2) is 107 Å². The molecule has 196 valence electrons. The molecular formula is C32H23BrN4O3. The quantitative estimate of drug-likeness (QED) is 0.108. The number of nitrogens with zero attached hydrogens (tertiary/aromatic N) is 4. The molecule has 0 atom stereocenters. The Balaban J connectivity index is 1.85. The highest BCUT2D eigenvalue weighted by Crippen LogP contribution is 2.45. The molecule has 0 fully saturated rings. The average molecular weight is 591 g/mol. The van der Waals surface area contributed by atoms with Crippen molar-refractivity contribution in [3.8, 4) is 39.9 Å². The molecule has 8 heteroatoms. The van der Waals surface area contributed by atoms with Crippen LogP contribution in [0.1, 0.15) is 16.7 Å².